The number of amides is 2. The highest BCUT2D eigenvalue weighted by Crippen LogP contribution is 2.29. The lowest BCUT2D eigenvalue weighted by Gasteiger charge is -2.31. The van der Waals surface area contributed by atoms with Crippen molar-refractivity contribution in [1.29, 1.82) is 0 Å². The molecule has 2 amide bonds. The molecule has 1 aliphatic heterocycles. The molecule has 1 atom stereocenters. The molecule has 4 rings (SSSR count). The van der Waals surface area contributed by atoms with Gasteiger partial charge >= 0.3 is 5.97 Å². The van der Waals surface area contributed by atoms with Gasteiger partial charge in [-0.05, 0) is 31.9 Å². The lowest BCUT2D eigenvalue weighted by molar-refractivity contribution is -0.124. The molecule has 12 heteroatoms. The molecular formula is C23H26N6O5S. The molecule has 0 bridgehead atoms. The van der Waals surface area contributed by atoms with Gasteiger partial charge < -0.3 is 20.3 Å². The van der Waals surface area contributed by atoms with Crippen LogP contribution in [0, 0.1) is 5.92 Å². The van der Waals surface area contributed by atoms with E-state index in [9.17, 15) is 19.2 Å². The summed E-state index contributed by atoms with van der Waals surface area (Å²) in [4.78, 5) is 60.7. The first kappa shape index (κ1) is 24.3. The van der Waals surface area contributed by atoms with Crippen molar-refractivity contribution in [2.75, 3.05) is 37.0 Å². The predicted octanol–water partition coefficient (Wildman–Crippen LogP) is 1.63. The summed E-state index contributed by atoms with van der Waals surface area (Å²) in [6.07, 6.45) is 2.94. The summed E-state index contributed by atoms with van der Waals surface area (Å²) in [6.45, 7) is 2.89. The van der Waals surface area contributed by atoms with Crippen LogP contribution in [0.3, 0.4) is 0 Å². The number of thiazole rings is 1. The maximum Gasteiger partial charge on any atom is 0.340 e. The van der Waals surface area contributed by atoms with Crippen LogP contribution in [-0.2, 0) is 20.9 Å². The van der Waals surface area contributed by atoms with E-state index in [1.807, 2.05) is 4.90 Å². The molecule has 0 unspecified atom stereocenters. The lowest BCUT2D eigenvalue weighted by Crippen LogP contribution is -2.42. The molecule has 1 aliphatic rings. The van der Waals surface area contributed by atoms with Gasteiger partial charge in [-0.1, -0.05) is 23.5 Å². The number of aromatic nitrogens is 3. The maximum absolute atomic E-state index is 13.0. The number of nitrogens with zero attached hydrogens (tertiary/aromatic N) is 4. The second-order valence-corrected chi connectivity index (χ2v) is 9.02. The van der Waals surface area contributed by atoms with E-state index in [1.165, 1.54) is 22.2 Å². The zero-order chi connectivity index (χ0) is 24.9. The molecule has 0 aliphatic carbocycles. The molecule has 3 aromatic rings. The summed E-state index contributed by atoms with van der Waals surface area (Å²) in [5.74, 6) is -1.17. The first-order valence-corrected chi connectivity index (χ1v) is 12.1. The van der Waals surface area contributed by atoms with Gasteiger partial charge in [-0.2, -0.15) is 4.98 Å². The molecule has 0 spiro atoms. The molecular weight excluding hydrogens is 472 g/mol. The van der Waals surface area contributed by atoms with Crippen LogP contribution < -0.4 is 21.1 Å². The molecule has 11 nitrogen and oxygen atoms in total. The molecule has 2 aromatic heterocycles. The average Bonchev–Trinajstić information content (AvgIpc) is 3.31. The Balaban J connectivity index is 1.51. The van der Waals surface area contributed by atoms with Gasteiger partial charge in [0.05, 0.1) is 23.8 Å². The van der Waals surface area contributed by atoms with E-state index in [-0.39, 0.29) is 36.1 Å². The molecule has 0 radical (unpaired) electrons. The molecule has 0 saturated carbocycles. The Hall–Kier alpha value is -3.80. The molecule has 1 fully saturated rings. The van der Waals surface area contributed by atoms with Crippen LogP contribution in [0.4, 0.5) is 10.8 Å². The maximum atomic E-state index is 13.0. The van der Waals surface area contributed by atoms with Crippen LogP contribution in [-0.4, -0.2) is 59.1 Å². The minimum Gasteiger partial charge on any atom is -0.462 e. The number of anilines is 2. The van der Waals surface area contributed by atoms with Crippen molar-refractivity contribution < 1.29 is 19.1 Å². The Morgan fingerprint density at radius 2 is 2.06 bits per heavy atom. The fraction of sp³-hybridized carbons (Fsp3) is 0.391. The summed E-state index contributed by atoms with van der Waals surface area (Å²) in [6, 6.07) is 6.51. The number of carbonyl (C=O) groups excluding carboxylic acids is 3. The number of piperidine rings is 1. The summed E-state index contributed by atoms with van der Waals surface area (Å²) >= 11 is 1.20. The highest BCUT2D eigenvalue weighted by molar-refractivity contribution is 7.22. The normalized spacial score (nSPS) is 15.6. The minimum atomic E-state index is -0.544. The zero-order valence-corrected chi connectivity index (χ0v) is 20.3. The number of fused-ring (bicyclic) bond motifs is 1. The van der Waals surface area contributed by atoms with Gasteiger partial charge in [0.1, 0.15) is 17.6 Å². The van der Waals surface area contributed by atoms with Gasteiger partial charge in [0.15, 0.2) is 10.8 Å². The van der Waals surface area contributed by atoms with Gasteiger partial charge in [0.2, 0.25) is 11.8 Å². The van der Waals surface area contributed by atoms with Crippen LogP contribution in [0.1, 0.15) is 30.1 Å². The number of hydrogen-bond donors (Lipinski definition) is 2. The van der Waals surface area contributed by atoms with E-state index in [0.717, 1.165) is 19.4 Å². The molecule has 3 heterocycles. The largest absolute Gasteiger partial charge is 0.462 e. The van der Waals surface area contributed by atoms with E-state index in [2.05, 4.69) is 20.6 Å². The molecule has 184 valence electrons. The van der Waals surface area contributed by atoms with Crippen LogP contribution in [0.5, 0.6) is 0 Å². The van der Waals surface area contributed by atoms with E-state index in [1.54, 1.807) is 38.2 Å². The monoisotopic (exact) mass is 498 g/mol. The molecule has 2 N–H and O–H groups in total. The second kappa shape index (κ2) is 10.6. The Labute approximate surface area is 205 Å². The van der Waals surface area contributed by atoms with Gasteiger partial charge in [-0.25, -0.2) is 9.78 Å². The van der Waals surface area contributed by atoms with Crippen LogP contribution in [0.2, 0.25) is 0 Å². The highest BCUT2D eigenvalue weighted by atomic mass is 32.1. The van der Waals surface area contributed by atoms with Gasteiger partial charge in [0.25, 0.3) is 5.56 Å². The minimum absolute atomic E-state index is 0.00756. The third-order valence-corrected chi connectivity index (χ3v) is 6.79. The quantitative estimate of drug-likeness (QED) is 0.469. The van der Waals surface area contributed by atoms with Gasteiger partial charge in [-0.15, -0.1) is 0 Å². The van der Waals surface area contributed by atoms with Crippen molar-refractivity contribution in [3.05, 3.63) is 46.5 Å². The summed E-state index contributed by atoms with van der Waals surface area (Å²) in [5, 5.41) is 5.98. The number of ether oxygens (including phenoxy) is 1. The predicted molar refractivity (Wildman–Crippen MR) is 132 cm³/mol. The van der Waals surface area contributed by atoms with E-state index < -0.39 is 11.9 Å². The van der Waals surface area contributed by atoms with Gasteiger partial charge in [-0.3, -0.25) is 19.0 Å². The van der Waals surface area contributed by atoms with E-state index in [4.69, 9.17) is 4.74 Å². The van der Waals surface area contributed by atoms with Crippen LogP contribution in [0.15, 0.2) is 35.4 Å². The highest BCUT2D eigenvalue weighted by Gasteiger charge is 2.27. The number of hydrogen-bond acceptors (Lipinski definition) is 9. The first-order chi connectivity index (χ1) is 16.9. The zero-order valence-electron chi connectivity index (χ0n) is 19.4. The third kappa shape index (κ3) is 5.32. The SMILES string of the molecule is CCOC(=O)c1ccccc1NC(=O)Cn1cnc2nc(N3CCC[C@H](C(=O)NC)C3)sc2c1=O. The summed E-state index contributed by atoms with van der Waals surface area (Å²) in [7, 11) is 1.62. The number of nitrogens with one attached hydrogen (secondary N) is 2. The smallest absolute Gasteiger partial charge is 0.340 e. The first-order valence-electron chi connectivity index (χ1n) is 11.3. The summed E-state index contributed by atoms with van der Waals surface area (Å²) in [5.41, 5.74) is 0.454. The third-order valence-electron chi connectivity index (χ3n) is 5.69. The van der Waals surface area contributed by atoms with Crippen molar-refractivity contribution >= 4 is 50.3 Å². The standard InChI is InChI=1S/C23H26N6O5S/c1-3-34-22(33)15-8-4-5-9-16(15)26-17(30)12-29-13-25-19-18(21(29)32)35-23(27-19)28-10-6-7-14(11-28)20(31)24-2/h4-5,8-9,13-14H,3,6-7,10-12H2,1-2H3,(H,24,31)(H,26,30)/t14-/m0/s1. The topological polar surface area (TPSA) is 136 Å². The Morgan fingerprint density at radius 3 is 2.83 bits per heavy atom. The fourth-order valence-corrected chi connectivity index (χ4v) is 4.98. The molecule has 1 aromatic carbocycles. The van der Waals surface area contributed by atoms with Gasteiger partial charge in [0, 0.05) is 20.1 Å². The lowest BCUT2D eigenvalue weighted by atomic mass is 9.98. The summed E-state index contributed by atoms with van der Waals surface area (Å²) < 4.78 is 6.57. The Bertz CT molecular complexity index is 1320. The number of benzene rings is 1. The second-order valence-electron chi connectivity index (χ2n) is 8.04. The Morgan fingerprint density at radius 1 is 1.26 bits per heavy atom. The average molecular weight is 499 g/mol. The number of carbonyl (C=O) groups is 3. The van der Waals surface area contributed by atoms with E-state index in [0.29, 0.717) is 27.7 Å². The van der Waals surface area contributed by atoms with Crippen molar-refractivity contribution in [3.8, 4) is 0 Å². The van der Waals surface area contributed by atoms with Crippen molar-refractivity contribution in [3.63, 3.8) is 0 Å². The van der Waals surface area contributed by atoms with Crippen LogP contribution in [0.25, 0.3) is 10.3 Å². The number of para-hydroxylation sites is 1. The van der Waals surface area contributed by atoms with Crippen molar-refractivity contribution in [1.82, 2.24) is 19.9 Å². The Kier molecular flexibility index (Phi) is 7.39. The number of rotatable bonds is 7. The van der Waals surface area contributed by atoms with Crippen molar-refractivity contribution in [2.45, 2.75) is 26.3 Å². The number of esters is 1. The molecule has 1 saturated heterocycles. The molecule has 35 heavy (non-hydrogen) atoms. The van der Waals surface area contributed by atoms with E-state index >= 15 is 0 Å². The van der Waals surface area contributed by atoms with Crippen molar-refractivity contribution in [2.24, 2.45) is 5.92 Å². The fourth-order valence-electron chi connectivity index (χ4n) is 3.98. The van der Waals surface area contributed by atoms with Crippen LogP contribution >= 0.6 is 11.3 Å².